The fourth-order valence-corrected chi connectivity index (χ4v) is 3.49. The van der Waals surface area contributed by atoms with Crippen molar-refractivity contribution in [2.75, 3.05) is 6.54 Å². The average molecular weight is 330 g/mol. The molecule has 126 valence electrons. The van der Waals surface area contributed by atoms with Crippen molar-refractivity contribution in [3.8, 4) is 0 Å². The van der Waals surface area contributed by atoms with Gasteiger partial charge in [0.15, 0.2) is 0 Å². The van der Waals surface area contributed by atoms with E-state index in [4.69, 9.17) is 0 Å². The van der Waals surface area contributed by atoms with Crippen molar-refractivity contribution in [2.45, 2.75) is 26.3 Å². The molecular weight excluding hydrogens is 308 g/mol. The quantitative estimate of drug-likeness (QED) is 0.713. The highest BCUT2D eigenvalue weighted by Crippen LogP contribution is 2.27. The molecule has 1 N–H and O–H groups in total. The summed E-state index contributed by atoms with van der Waals surface area (Å²) in [5.41, 5.74) is 6.07. The average Bonchev–Trinajstić information content (AvgIpc) is 3.04. The van der Waals surface area contributed by atoms with Gasteiger partial charge in [-0.3, -0.25) is 4.79 Å². The molecule has 0 bridgehead atoms. The number of H-pyrrole nitrogens is 1. The molecule has 0 spiro atoms. The minimum atomic E-state index is 0.0792. The summed E-state index contributed by atoms with van der Waals surface area (Å²) in [4.78, 5) is 18.0. The number of aryl methyl sites for hydroxylation is 1. The highest BCUT2D eigenvalue weighted by molar-refractivity contribution is 5.93. The zero-order valence-electron chi connectivity index (χ0n) is 14.5. The summed E-state index contributed by atoms with van der Waals surface area (Å²) in [5, 5.41) is 1.23. The van der Waals surface area contributed by atoms with Gasteiger partial charge in [-0.05, 0) is 29.7 Å². The van der Waals surface area contributed by atoms with E-state index in [1.54, 1.807) is 6.08 Å². The Morgan fingerprint density at radius 1 is 1.16 bits per heavy atom. The highest BCUT2D eigenvalue weighted by Gasteiger charge is 2.22. The Labute approximate surface area is 148 Å². The van der Waals surface area contributed by atoms with Crippen molar-refractivity contribution in [1.29, 1.82) is 0 Å². The molecule has 0 saturated heterocycles. The number of nitrogens with one attached hydrogen (secondary N) is 1. The number of hydrogen-bond acceptors (Lipinski definition) is 1. The standard InChI is InChI=1S/C22H22N2O/c1-2-16-7-9-17(10-8-16)11-12-22(25)24-14-13-21-19(15-24)18-5-3-4-6-20(18)23-21/h3-12,23H,2,13-15H2,1H3. The summed E-state index contributed by atoms with van der Waals surface area (Å²) in [6.45, 7) is 3.58. The van der Waals surface area contributed by atoms with Crippen molar-refractivity contribution in [3.63, 3.8) is 0 Å². The van der Waals surface area contributed by atoms with Gasteiger partial charge in [0.25, 0.3) is 0 Å². The summed E-state index contributed by atoms with van der Waals surface area (Å²) in [6, 6.07) is 16.7. The Morgan fingerprint density at radius 2 is 1.96 bits per heavy atom. The van der Waals surface area contributed by atoms with E-state index in [-0.39, 0.29) is 5.91 Å². The highest BCUT2D eigenvalue weighted by atomic mass is 16.2. The van der Waals surface area contributed by atoms with Gasteiger partial charge >= 0.3 is 0 Å². The van der Waals surface area contributed by atoms with E-state index in [1.807, 2.05) is 17.0 Å². The monoisotopic (exact) mass is 330 g/mol. The van der Waals surface area contributed by atoms with Gasteiger partial charge < -0.3 is 9.88 Å². The van der Waals surface area contributed by atoms with Crippen molar-refractivity contribution in [2.24, 2.45) is 0 Å². The first-order chi connectivity index (χ1) is 12.2. The maximum absolute atomic E-state index is 12.6. The molecule has 4 rings (SSSR count). The van der Waals surface area contributed by atoms with Gasteiger partial charge in [0, 0.05) is 47.7 Å². The number of carbonyl (C=O) groups is 1. The van der Waals surface area contributed by atoms with Gasteiger partial charge in [-0.15, -0.1) is 0 Å². The molecule has 0 aliphatic carbocycles. The lowest BCUT2D eigenvalue weighted by Crippen LogP contribution is -2.34. The Balaban J connectivity index is 1.50. The van der Waals surface area contributed by atoms with Crippen LogP contribution in [-0.4, -0.2) is 22.3 Å². The fourth-order valence-electron chi connectivity index (χ4n) is 3.49. The van der Waals surface area contributed by atoms with Gasteiger partial charge in [0.2, 0.25) is 5.91 Å². The van der Waals surface area contributed by atoms with Crippen LogP contribution >= 0.6 is 0 Å². The third kappa shape index (κ3) is 3.10. The second-order valence-corrected chi connectivity index (χ2v) is 6.57. The Hall–Kier alpha value is -2.81. The number of para-hydroxylation sites is 1. The zero-order chi connectivity index (χ0) is 17.2. The summed E-state index contributed by atoms with van der Waals surface area (Å²) in [5.74, 6) is 0.0792. The van der Waals surface area contributed by atoms with E-state index in [9.17, 15) is 4.79 Å². The lowest BCUT2D eigenvalue weighted by molar-refractivity contribution is -0.126. The van der Waals surface area contributed by atoms with Crippen LogP contribution in [0, 0.1) is 0 Å². The topological polar surface area (TPSA) is 36.1 Å². The number of nitrogens with zero attached hydrogens (tertiary/aromatic N) is 1. The smallest absolute Gasteiger partial charge is 0.246 e. The zero-order valence-corrected chi connectivity index (χ0v) is 14.5. The number of aromatic nitrogens is 1. The largest absolute Gasteiger partial charge is 0.358 e. The SMILES string of the molecule is CCc1ccc(C=CC(=O)N2CCc3[nH]c4ccccc4c3C2)cc1. The van der Waals surface area contributed by atoms with Gasteiger partial charge in [-0.25, -0.2) is 0 Å². The first-order valence-corrected chi connectivity index (χ1v) is 8.89. The molecule has 3 heteroatoms. The molecule has 1 aromatic heterocycles. The van der Waals surface area contributed by atoms with E-state index in [1.165, 1.54) is 22.2 Å². The van der Waals surface area contributed by atoms with Crippen LogP contribution in [0.1, 0.15) is 29.3 Å². The number of aromatic amines is 1. The van der Waals surface area contributed by atoms with Gasteiger partial charge in [0.05, 0.1) is 0 Å². The lowest BCUT2D eigenvalue weighted by Gasteiger charge is -2.26. The molecule has 2 heterocycles. The first-order valence-electron chi connectivity index (χ1n) is 8.89. The summed E-state index contributed by atoms with van der Waals surface area (Å²) < 4.78 is 0. The number of fused-ring (bicyclic) bond motifs is 3. The van der Waals surface area contributed by atoms with Crippen LogP contribution in [-0.2, 0) is 24.2 Å². The fraction of sp³-hybridized carbons (Fsp3) is 0.227. The third-order valence-corrected chi connectivity index (χ3v) is 5.00. The van der Waals surface area contributed by atoms with E-state index in [0.29, 0.717) is 6.54 Å². The van der Waals surface area contributed by atoms with E-state index < -0.39 is 0 Å². The molecule has 2 aromatic carbocycles. The van der Waals surface area contributed by atoms with Crippen LogP contribution in [0.4, 0.5) is 0 Å². The Morgan fingerprint density at radius 3 is 2.76 bits per heavy atom. The minimum absolute atomic E-state index is 0.0792. The van der Waals surface area contributed by atoms with Crippen LogP contribution < -0.4 is 0 Å². The van der Waals surface area contributed by atoms with Crippen LogP contribution in [0.25, 0.3) is 17.0 Å². The Bertz CT molecular complexity index is 934. The molecular formula is C22H22N2O. The lowest BCUT2D eigenvalue weighted by atomic mass is 10.0. The second kappa shape index (κ2) is 6.60. The predicted molar refractivity (Wildman–Crippen MR) is 102 cm³/mol. The van der Waals surface area contributed by atoms with Crippen molar-refractivity contribution in [1.82, 2.24) is 9.88 Å². The van der Waals surface area contributed by atoms with Crippen LogP contribution in [0.2, 0.25) is 0 Å². The number of amides is 1. The van der Waals surface area contributed by atoms with E-state index in [2.05, 4.69) is 54.4 Å². The molecule has 1 amide bonds. The van der Waals surface area contributed by atoms with E-state index in [0.717, 1.165) is 30.5 Å². The van der Waals surface area contributed by atoms with Gasteiger partial charge in [0.1, 0.15) is 0 Å². The summed E-state index contributed by atoms with van der Waals surface area (Å²) in [6.07, 6.45) is 5.52. The molecule has 0 unspecified atom stereocenters. The van der Waals surface area contributed by atoms with Crippen LogP contribution in [0.3, 0.4) is 0 Å². The molecule has 0 fully saturated rings. The van der Waals surface area contributed by atoms with Gasteiger partial charge in [-0.2, -0.15) is 0 Å². The van der Waals surface area contributed by atoms with Crippen molar-refractivity contribution >= 4 is 22.9 Å². The third-order valence-electron chi connectivity index (χ3n) is 5.00. The number of hydrogen-bond donors (Lipinski definition) is 1. The minimum Gasteiger partial charge on any atom is -0.358 e. The molecule has 1 aliphatic heterocycles. The van der Waals surface area contributed by atoms with Crippen molar-refractivity contribution in [3.05, 3.63) is 77.0 Å². The normalized spacial score (nSPS) is 14.2. The molecule has 3 nitrogen and oxygen atoms in total. The number of rotatable bonds is 3. The molecule has 25 heavy (non-hydrogen) atoms. The van der Waals surface area contributed by atoms with Crippen molar-refractivity contribution < 1.29 is 4.79 Å². The molecule has 0 radical (unpaired) electrons. The second-order valence-electron chi connectivity index (χ2n) is 6.57. The number of carbonyl (C=O) groups excluding carboxylic acids is 1. The number of benzene rings is 2. The summed E-state index contributed by atoms with van der Waals surface area (Å²) in [7, 11) is 0. The predicted octanol–water partition coefficient (Wildman–Crippen LogP) is 4.33. The van der Waals surface area contributed by atoms with E-state index >= 15 is 0 Å². The molecule has 0 saturated carbocycles. The first kappa shape index (κ1) is 15.7. The van der Waals surface area contributed by atoms with Crippen LogP contribution in [0.15, 0.2) is 54.6 Å². The molecule has 1 aliphatic rings. The summed E-state index contributed by atoms with van der Waals surface area (Å²) >= 11 is 0. The molecule has 3 aromatic rings. The van der Waals surface area contributed by atoms with Crippen LogP contribution in [0.5, 0.6) is 0 Å². The maximum atomic E-state index is 12.6. The van der Waals surface area contributed by atoms with Gasteiger partial charge in [-0.1, -0.05) is 49.4 Å². The Kier molecular flexibility index (Phi) is 4.14. The molecule has 0 atom stereocenters. The maximum Gasteiger partial charge on any atom is 0.246 e.